The molecular weight excluding hydrogens is 515 g/mol. The highest BCUT2D eigenvalue weighted by atomic mass is 35.5. The number of rotatable bonds is 11. The number of nitrogens with two attached hydrogens (primary N) is 2. The average Bonchev–Trinajstić information content (AvgIpc) is 3.50. The first kappa shape index (κ1) is 28.2. The number of aliphatic imine (C=N–C) groups is 1. The van der Waals surface area contributed by atoms with Gasteiger partial charge >= 0.3 is 0 Å². The number of allylic oxidation sites excluding steroid dienone is 2. The molecule has 6 nitrogen and oxygen atoms in total. The summed E-state index contributed by atoms with van der Waals surface area (Å²) in [5.74, 6) is 6.83. The Hall–Kier alpha value is -2.83. The van der Waals surface area contributed by atoms with Crippen molar-refractivity contribution in [2.24, 2.45) is 33.5 Å². The fourth-order valence-electron chi connectivity index (χ4n) is 6.06. The second kappa shape index (κ2) is 12.8. The lowest BCUT2D eigenvalue weighted by Crippen LogP contribution is -2.35. The maximum Gasteiger partial charge on any atom is 0.141 e. The molecule has 1 aliphatic carbocycles. The molecule has 3 atom stereocenters. The summed E-state index contributed by atoms with van der Waals surface area (Å²) in [6.45, 7) is 5.74. The minimum absolute atomic E-state index is 0.301. The van der Waals surface area contributed by atoms with Gasteiger partial charge in [-0.2, -0.15) is 5.10 Å². The molecule has 0 aromatic heterocycles. The highest BCUT2D eigenvalue weighted by molar-refractivity contribution is 6.41. The van der Waals surface area contributed by atoms with Gasteiger partial charge in [0, 0.05) is 30.1 Å². The fourth-order valence-corrected chi connectivity index (χ4v) is 6.65. The number of hydrogen-bond acceptors (Lipinski definition) is 5. The van der Waals surface area contributed by atoms with Crippen molar-refractivity contribution in [1.82, 2.24) is 0 Å². The van der Waals surface area contributed by atoms with Crippen LogP contribution in [0.5, 0.6) is 0 Å². The van der Waals surface area contributed by atoms with Gasteiger partial charge in [0.25, 0.3) is 0 Å². The molecule has 4 rings (SSSR count). The van der Waals surface area contributed by atoms with E-state index in [-0.39, 0.29) is 0 Å². The SMILES string of the molecule is CCC/C(C)=C(\CCC1CC2CC1CN2c1ccc(C=NC/C(N)=N/N)cc1)C(=N)c1c(Cl)cccc1Cl. The lowest BCUT2D eigenvalue weighted by Gasteiger charge is -2.33. The third-order valence-electron chi connectivity index (χ3n) is 7.99. The first-order chi connectivity index (χ1) is 18.3. The highest BCUT2D eigenvalue weighted by Gasteiger charge is 2.44. The van der Waals surface area contributed by atoms with E-state index in [1.807, 2.05) is 18.2 Å². The van der Waals surface area contributed by atoms with Crippen molar-refractivity contribution in [2.75, 3.05) is 18.0 Å². The number of nitrogens with zero attached hydrogens (tertiary/aromatic N) is 3. The predicted octanol–water partition coefficient (Wildman–Crippen LogP) is 6.82. The van der Waals surface area contributed by atoms with Crippen LogP contribution in [0.3, 0.4) is 0 Å². The van der Waals surface area contributed by atoms with Gasteiger partial charge in [0.05, 0.1) is 22.3 Å². The number of halogens is 2. The molecular formula is C30H38Cl2N6. The molecule has 1 saturated heterocycles. The van der Waals surface area contributed by atoms with Gasteiger partial charge in [-0.3, -0.25) is 10.4 Å². The van der Waals surface area contributed by atoms with E-state index in [0.29, 0.717) is 51.6 Å². The summed E-state index contributed by atoms with van der Waals surface area (Å²) in [7, 11) is 0. The largest absolute Gasteiger partial charge is 0.384 e. The molecule has 1 heterocycles. The lowest BCUT2D eigenvalue weighted by atomic mass is 9.85. The normalized spacial score (nSPS) is 21.8. The van der Waals surface area contributed by atoms with E-state index in [1.165, 1.54) is 24.1 Å². The van der Waals surface area contributed by atoms with Gasteiger partial charge in [-0.05, 0) is 86.3 Å². The minimum atomic E-state index is 0.301. The summed E-state index contributed by atoms with van der Waals surface area (Å²) in [6.07, 6.45) is 8.28. The van der Waals surface area contributed by atoms with Crippen LogP contribution in [-0.4, -0.2) is 36.9 Å². The van der Waals surface area contributed by atoms with Crippen molar-refractivity contribution in [3.8, 4) is 0 Å². The summed E-state index contributed by atoms with van der Waals surface area (Å²) in [4.78, 5) is 6.84. The van der Waals surface area contributed by atoms with Crippen LogP contribution < -0.4 is 16.5 Å². The topological polar surface area (TPSA) is 104 Å². The molecule has 5 N–H and O–H groups in total. The van der Waals surface area contributed by atoms with E-state index in [2.05, 4.69) is 53.1 Å². The van der Waals surface area contributed by atoms with Crippen molar-refractivity contribution in [3.63, 3.8) is 0 Å². The number of anilines is 1. The average molecular weight is 554 g/mol. The Morgan fingerprint density at radius 2 is 1.82 bits per heavy atom. The number of hydrazone groups is 1. The Balaban J connectivity index is 1.38. The molecule has 0 amide bonds. The van der Waals surface area contributed by atoms with Gasteiger partial charge in [-0.1, -0.05) is 60.3 Å². The molecule has 2 bridgehead atoms. The molecule has 2 aromatic rings. The smallest absolute Gasteiger partial charge is 0.141 e. The molecule has 2 aromatic carbocycles. The van der Waals surface area contributed by atoms with Crippen LogP contribution in [-0.2, 0) is 0 Å². The number of amidine groups is 1. The van der Waals surface area contributed by atoms with Gasteiger partial charge in [0.2, 0.25) is 0 Å². The first-order valence-electron chi connectivity index (χ1n) is 13.4. The van der Waals surface area contributed by atoms with Gasteiger partial charge in [0.1, 0.15) is 5.84 Å². The summed E-state index contributed by atoms with van der Waals surface area (Å²) < 4.78 is 0. The second-order valence-corrected chi connectivity index (χ2v) is 11.3. The zero-order valence-corrected chi connectivity index (χ0v) is 23.8. The molecule has 0 spiro atoms. The molecule has 202 valence electrons. The third-order valence-corrected chi connectivity index (χ3v) is 8.62. The summed E-state index contributed by atoms with van der Waals surface area (Å²) in [5.41, 5.74) is 11.4. The van der Waals surface area contributed by atoms with Gasteiger partial charge in [0.15, 0.2) is 0 Å². The Bertz CT molecular complexity index is 1210. The van der Waals surface area contributed by atoms with E-state index in [0.717, 1.165) is 43.4 Å². The number of piperidine rings is 1. The van der Waals surface area contributed by atoms with Crippen LogP contribution in [0.2, 0.25) is 10.0 Å². The summed E-state index contributed by atoms with van der Waals surface area (Å²) in [6, 6.07) is 14.6. The van der Waals surface area contributed by atoms with Crippen molar-refractivity contribution in [2.45, 2.75) is 58.4 Å². The molecule has 8 heteroatoms. The van der Waals surface area contributed by atoms with Crippen molar-refractivity contribution in [1.29, 1.82) is 5.41 Å². The van der Waals surface area contributed by atoms with Crippen molar-refractivity contribution < 1.29 is 0 Å². The maximum atomic E-state index is 9.03. The van der Waals surface area contributed by atoms with Crippen molar-refractivity contribution in [3.05, 3.63) is 74.8 Å². The quantitative estimate of drug-likeness (QED) is 0.123. The molecule has 3 unspecified atom stereocenters. The Morgan fingerprint density at radius 3 is 2.42 bits per heavy atom. The van der Waals surface area contributed by atoms with Gasteiger partial charge < -0.3 is 16.5 Å². The first-order valence-corrected chi connectivity index (χ1v) is 14.2. The number of hydrogen-bond donors (Lipinski definition) is 3. The Labute approximate surface area is 236 Å². The Morgan fingerprint density at radius 1 is 1.11 bits per heavy atom. The van der Waals surface area contributed by atoms with E-state index in [9.17, 15) is 0 Å². The molecule has 2 aliphatic rings. The number of fused-ring (bicyclic) bond motifs is 2. The third kappa shape index (κ3) is 6.41. The predicted molar refractivity (Wildman–Crippen MR) is 162 cm³/mol. The molecule has 1 saturated carbocycles. The van der Waals surface area contributed by atoms with Crippen LogP contribution in [0.1, 0.15) is 63.5 Å². The van der Waals surface area contributed by atoms with Crippen LogP contribution in [0.25, 0.3) is 0 Å². The second-order valence-electron chi connectivity index (χ2n) is 10.5. The molecule has 0 radical (unpaired) electrons. The summed E-state index contributed by atoms with van der Waals surface area (Å²) in [5, 5.41) is 13.6. The van der Waals surface area contributed by atoms with Crippen molar-refractivity contribution >= 4 is 46.7 Å². The monoisotopic (exact) mass is 552 g/mol. The van der Waals surface area contributed by atoms with Crippen LogP contribution >= 0.6 is 23.2 Å². The molecule has 1 aliphatic heterocycles. The zero-order valence-electron chi connectivity index (χ0n) is 22.3. The van der Waals surface area contributed by atoms with E-state index >= 15 is 0 Å². The zero-order chi connectivity index (χ0) is 27.2. The summed E-state index contributed by atoms with van der Waals surface area (Å²) >= 11 is 13.0. The highest BCUT2D eigenvalue weighted by Crippen LogP contribution is 2.46. The van der Waals surface area contributed by atoms with Gasteiger partial charge in [-0.15, -0.1) is 0 Å². The molecule has 38 heavy (non-hydrogen) atoms. The standard InChI is InChI=1S/C30H38Cl2N6/c1-3-5-19(2)25(30(34)29-26(31)6-4-7-27(29)32)13-10-21-14-24-15-22(21)18-38(24)23-11-8-20(9-12-23)16-36-17-28(33)37-35/h4,6-9,11-12,16,21-22,24,34H,3,5,10,13-15,17-18,35H2,1-2H3,(H2,33,37)/b25-19+,34-30?,36-16?. The van der Waals surface area contributed by atoms with Crippen LogP contribution in [0.4, 0.5) is 5.69 Å². The van der Waals surface area contributed by atoms with Crippen LogP contribution in [0.15, 0.2) is 63.7 Å². The Kier molecular flexibility index (Phi) is 9.50. The number of nitrogens with one attached hydrogen (secondary N) is 1. The molecule has 2 fully saturated rings. The minimum Gasteiger partial charge on any atom is -0.384 e. The lowest BCUT2D eigenvalue weighted by molar-refractivity contribution is 0.352. The van der Waals surface area contributed by atoms with E-state index in [4.69, 9.17) is 40.2 Å². The van der Waals surface area contributed by atoms with E-state index in [1.54, 1.807) is 6.21 Å². The fraction of sp³-hybridized carbons (Fsp3) is 0.433. The maximum absolute atomic E-state index is 9.03. The van der Waals surface area contributed by atoms with Gasteiger partial charge in [-0.25, -0.2) is 0 Å². The number of benzene rings is 2. The van der Waals surface area contributed by atoms with Crippen LogP contribution in [0, 0.1) is 17.2 Å². The van der Waals surface area contributed by atoms with E-state index < -0.39 is 0 Å².